The molecule has 4 heterocycles. The quantitative estimate of drug-likeness (QED) is 0.562. The van der Waals surface area contributed by atoms with E-state index in [1.54, 1.807) is 6.20 Å². The van der Waals surface area contributed by atoms with Gasteiger partial charge in [-0.3, -0.25) is 9.97 Å². The second kappa shape index (κ2) is 7.38. The van der Waals surface area contributed by atoms with Crippen molar-refractivity contribution in [2.75, 3.05) is 0 Å². The summed E-state index contributed by atoms with van der Waals surface area (Å²) in [5, 5.41) is 0.987. The highest BCUT2D eigenvalue weighted by atomic mass is 19.4. The Morgan fingerprint density at radius 1 is 0.857 bits per heavy atom. The number of alkyl halides is 3. The standard InChI is InChI=1S/C20H16F3N5/c21-20(22,23)18-6-3-13(8-26-18)1-4-16-5-2-14(9-25-16)7-15-10-27-19-17(15)11-24-12-28-19/h2-3,5-6,8-12H,1,4,7H2,(H,24,27,28). The van der Waals surface area contributed by atoms with Crippen LogP contribution in [-0.2, 0) is 25.4 Å². The Kier molecular flexibility index (Phi) is 4.77. The van der Waals surface area contributed by atoms with Crippen molar-refractivity contribution < 1.29 is 13.2 Å². The summed E-state index contributed by atoms with van der Waals surface area (Å²) >= 11 is 0. The Balaban J connectivity index is 1.38. The van der Waals surface area contributed by atoms with Crippen molar-refractivity contribution >= 4 is 11.0 Å². The average Bonchev–Trinajstić information content (AvgIpc) is 3.10. The first-order chi connectivity index (χ1) is 13.5. The molecule has 0 aromatic carbocycles. The van der Waals surface area contributed by atoms with Crippen molar-refractivity contribution in [1.29, 1.82) is 0 Å². The van der Waals surface area contributed by atoms with E-state index in [1.165, 1.54) is 18.6 Å². The zero-order chi connectivity index (χ0) is 19.6. The van der Waals surface area contributed by atoms with Crippen LogP contribution in [0.5, 0.6) is 0 Å². The predicted molar refractivity (Wildman–Crippen MR) is 97.6 cm³/mol. The third-order valence-electron chi connectivity index (χ3n) is 4.51. The number of hydrogen-bond acceptors (Lipinski definition) is 4. The first kappa shape index (κ1) is 18.1. The Labute approximate surface area is 158 Å². The molecule has 8 heteroatoms. The van der Waals surface area contributed by atoms with Gasteiger partial charge in [0, 0.05) is 42.3 Å². The maximum atomic E-state index is 12.5. The molecule has 0 radical (unpaired) electrons. The monoisotopic (exact) mass is 383 g/mol. The van der Waals surface area contributed by atoms with E-state index in [4.69, 9.17) is 0 Å². The smallest absolute Gasteiger partial charge is 0.346 e. The number of hydrogen-bond donors (Lipinski definition) is 1. The minimum Gasteiger partial charge on any atom is -0.346 e. The molecule has 0 fully saturated rings. The molecular formula is C20H16F3N5. The minimum absolute atomic E-state index is 0.581. The van der Waals surface area contributed by atoms with Crippen LogP contribution in [0.1, 0.15) is 28.1 Å². The van der Waals surface area contributed by atoms with E-state index in [2.05, 4.69) is 24.9 Å². The highest BCUT2D eigenvalue weighted by Crippen LogP contribution is 2.27. The predicted octanol–water partition coefficient (Wildman–Crippen LogP) is 4.14. The number of fused-ring (bicyclic) bond motifs is 1. The summed E-state index contributed by atoms with van der Waals surface area (Å²) in [6, 6.07) is 6.42. The van der Waals surface area contributed by atoms with Crippen LogP contribution in [0.25, 0.3) is 11.0 Å². The second-order valence-electron chi connectivity index (χ2n) is 6.48. The molecule has 0 atom stereocenters. The maximum absolute atomic E-state index is 12.5. The molecule has 0 aliphatic rings. The molecule has 4 aromatic heterocycles. The van der Waals surface area contributed by atoms with Gasteiger partial charge in [-0.15, -0.1) is 0 Å². The van der Waals surface area contributed by atoms with Crippen molar-refractivity contribution in [1.82, 2.24) is 24.9 Å². The van der Waals surface area contributed by atoms with Crippen molar-refractivity contribution in [3.8, 4) is 0 Å². The Bertz CT molecular complexity index is 1070. The summed E-state index contributed by atoms with van der Waals surface area (Å²) in [6.45, 7) is 0. The molecular weight excluding hydrogens is 367 g/mol. The molecule has 0 bridgehead atoms. The van der Waals surface area contributed by atoms with Crippen LogP contribution >= 0.6 is 0 Å². The lowest BCUT2D eigenvalue weighted by atomic mass is 10.1. The van der Waals surface area contributed by atoms with Crippen LogP contribution in [0, 0.1) is 0 Å². The Morgan fingerprint density at radius 3 is 2.39 bits per heavy atom. The van der Waals surface area contributed by atoms with E-state index >= 15 is 0 Å². The fraction of sp³-hybridized carbons (Fsp3) is 0.200. The van der Waals surface area contributed by atoms with Gasteiger partial charge in [-0.1, -0.05) is 12.1 Å². The van der Waals surface area contributed by atoms with E-state index in [0.29, 0.717) is 19.3 Å². The van der Waals surface area contributed by atoms with Gasteiger partial charge >= 0.3 is 6.18 Å². The molecule has 0 amide bonds. The van der Waals surface area contributed by atoms with Gasteiger partial charge in [0.05, 0.1) is 0 Å². The van der Waals surface area contributed by atoms with Gasteiger partial charge in [0.1, 0.15) is 17.7 Å². The van der Waals surface area contributed by atoms with Gasteiger partial charge in [0.2, 0.25) is 0 Å². The Hall–Kier alpha value is -3.29. The minimum atomic E-state index is -4.41. The molecule has 0 aliphatic heterocycles. The van der Waals surface area contributed by atoms with Crippen LogP contribution in [0.4, 0.5) is 13.2 Å². The lowest BCUT2D eigenvalue weighted by Gasteiger charge is -2.07. The topological polar surface area (TPSA) is 67.3 Å². The van der Waals surface area contributed by atoms with Crippen molar-refractivity contribution in [3.63, 3.8) is 0 Å². The van der Waals surface area contributed by atoms with Gasteiger partial charge in [0.15, 0.2) is 0 Å². The fourth-order valence-corrected chi connectivity index (χ4v) is 3.00. The third-order valence-corrected chi connectivity index (χ3v) is 4.51. The number of nitrogens with one attached hydrogen (secondary N) is 1. The molecule has 28 heavy (non-hydrogen) atoms. The number of aromatic amines is 1. The SMILES string of the molecule is FC(F)(F)c1ccc(CCc2ccc(Cc3c[nH]c4ncncc34)cn2)cn1. The zero-order valence-electron chi connectivity index (χ0n) is 14.7. The normalized spacial score (nSPS) is 11.8. The van der Waals surface area contributed by atoms with Crippen LogP contribution in [-0.4, -0.2) is 24.9 Å². The molecule has 5 nitrogen and oxygen atoms in total. The molecule has 0 saturated carbocycles. The van der Waals surface area contributed by atoms with Crippen LogP contribution < -0.4 is 0 Å². The van der Waals surface area contributed by atoms with Gasteiger partial charge < -0.3 is 4.98 Å². The van der Waals surface area contributed by atoms with Crippen molar-refractivity contribution in [2.45, 2.75) is 25.4 Å². The zero-order valence-corrected chi connectivity index (χ0v) is 14.7. The second-order valence-corrected chi connectivity index (χ2v) is 6.48. The number of rotatable bonds is 5. The van der Waals surface area contributed by atoms with Gasteiger partial charge in [-0.25, -0.2) is 9.97 Å². The molecule has 1 N–H and O–H groups in total. The highest BCUT2D eigenvalue weighted by Gasteiger charge is 2.31. The van der Waals surface area contributed by atoms with Crippen LogP contribution in [0.15, 0.2) is 55.4 Å². The molecule has 0 unspecified atom stereocenters. The summed E-state index contributed by atoms with van der Waals surface area (Å²) in [5.74, 6) is 0. The molecule has 142 valence electrons. The van der Waals surface area contributed by atoms with Gasteiger partial charge in [0.25, 0.3) is 0 Å². The van der Waals surface area contributed by atoms with Crippen LogP contribution in [0.3, 0.4) is 0 Å². The summed E-state index contributed by atoms with van der Waals surface area (Å²) in [7, 11) is 0. The highest BCUT2D eigenvalue weighted by molar-refractivity contribution is 5.78. The number of aryl methyl sites for hydroxylation is 2. The number of pyridine rings is 2. The Morgan fingerprint density at radius 2 is 1.68 bits per heavy atom. The van der Waals surface area contributed by atoms with E-state index in [0.717, 1.165) is 39.5 Å². The van der Waals surface area contributed by atoms with E-state index < -0.39 is 11.9 Å². The summed E-state index contributed by atoms with van der Waals surface area (Å²) < 4.78 is 37.6. The van der Waals surface area contributed by atoms with E-state index in [9.17, 15) is 13.2 Å². The number of aromatic nitrogens is 5. The summed E-state index contributed by atoms with van der Waals surface area (Å²) in [5.41, 5.74) is 3.72. The number of halogens is 3. The lowest BCUT2D eigenvalue weighted by Crippen LogP contribution is -2.07. The van der Waals surface area contributed by atoms with Gasteiger partial charge in [-0.05, 0) is 41.7 Å². The third kappa shape index (κ3) is 4.00. The number of H-pyrrole nitrogens is 1. The molecule has 0 saturated heterocycles. The van der Waals surface area contributed by atoms with Crippen molar-refractivity contribution in [3.05, 3.63) is 83.5 Å². The molecule has 0 spiro atoms. The fourth-order valence-electron chi connectivity index (χ4n) is 3.00. The van der Waals surface area contributed by atoms with Crippen LogP contribution in [0.2, 0.25) is 0 Å². The van der Waals surface area contributed by atoms with Gasteiger partial charge in [-0.2, -0.15) is 13.2 Å². The summed E-state index contributed by atoms with van der Waals surface area (Å²) in [6.07, 6.45) is 5.82. The molecule has 4 rings (SSSR count). The van der Waals surface area contributed by atoms with E-state index in [1.807, 2.05) is 24.5 Å². The lowest BCUT2D eigenvalue weighted by molar-refractivity contribution is -0.141. The van der Waals surface area contributed by atoms with Crippen molar-refractivity contribution in [2.24, 2.45) is 0 Å². The van der Waals surface area contributed by atoms with E-state index in [-0.39, 0.29) is 0 Å². The first-order valence-corrected chi connectivity index (χ1v) is 8.71. The molecule has 4 aromatic rings. The number of nitrogens with zero attached hydrogens (tertiary/aromatic N) is 4. The largest absolute Gasteiger partial charge is 0.433 e. The molecule has 0 aliphatic carbocycles. The summed E-state index contributed by atoms with van der Waals surface area (Å²) in [4.78, 5) is 19.3. The maximum Gasteiger partial charge on any atom is 0.433 e. The average molecular weight is 383 g/mol. The first-order valence-electron chi connectivity index (χ1n) is 8.71.